The summed E-state index contributed by atoms with van der Waals surface area (Å²) in [5.41, 5.74) is 7.06. The van der Waals surface area contributed by atoms with Crippen LogP contribution in [0.4, 0.5) is 0 Å². The van der Waals surface area contributed by atoms with Gasteiger partial charge in [-0.25, -0.2) is 0 Å². The first kappa shape index (κ1) is 17.3. The van der Waals surface area contributed by atoms with Crippen LogP contribution in [-0.2, 0) is 11.2 Å². The van der Waals surface area contributed by atoms with Gasteiger partial charge in [0.15, 0.2) is 0 Å². The summed E-state index contributed by atoms with van der Waals surface area (Å²) in [6.07, 6.45) is 3.12. The van der Waals surface area contributed by atoms with Gasteiger partial charge in [-0.1, -0.05) is 44.2 Å². The van der Waals surface area contributed by atoms with Gasteiger partial charge in [0, 0.05) is 24.5 Å². The molecule has 3 nitrogen and oxygen atoms in total. The number of likely N-dealkylation sites (tertiary alicyclic amines) is 1. The number of rotatable bonds is 3. The van der Waals surface area contributed by atoms with E-state index in [1.165, 1.54) is 12.0 Å². The van der Waals surface area contributed by atoms with Gasteiger partial charge in [0.05, 0.1) is 0 Å². The lowest BCUT2D eigenvalue weighted by Crippen LogP contribution is -2.42. The van der Waals surface area contributed by atoms with E-state index in [2.05, 4.69) is 30.9 Å². The zero-order valence-corrected chi connectivity index (χ0v) is 14.3. The predicted molar refractivity (Wildman–Crippen MR) is 91.9 cm³/mol. The number of carbonyl (C=O) groups is 1. The standard InChI is InChI=1S/C18H26N2O.ClH/c1-18(2,10-13-6-4-3-5-7-13)17(21)20-11-14-8-9-16(19)15(14)12-20;/h3-7,14-16H,8-12,19H2,1-2H3;1H. The number of nitrogens with zero attached hydrogens (tertiary/aromatic N) is 1. The summed E-state index contributed by atoms with van der Waals surface area (Å²) in [7, 11) is 0. The summed E-state index contributed by atoms with van der Waals surface area (Å²) >= 11 is 0. The smallest absolute Gasteiger partial charge is 0.228 e. The minimum atomic E-state index is -0.343. The fourth-order valence-electron chi connectivity index (χ4n) is 4.08. The summed E-state index contributed by atoms with van der Waals surface area (Å²) in [5, 5.41) is 0. The normalized spacial score (nSPS) is 27.4. The van der Waals surface area contributed by atoms with Gasteiger partial charge in [0.2, 0.25) is 5.91 Å². The van der Waals surface area contributed by atoms with Gasteiger partial charge in [0.25, 0.3) is 0 Å². The van der Waals surface area contributed by atoms with Crippen molar-refractivity contribution in [2.45, 2.75) is 39.2 Å². The average Bonchev–Trinajstić information content (AvgIpc) is 3.01. The van der Waals surface area contributed by atoms with Crippen molar-refractivity contribution in [1.82, 2.24) is 4.90 Å². The lowest BCUT2D eigenvalue weighted by atomic mass is 9.84. The Morgan fingerprint density at radius 3 is 2.55 bits per heavy atom. The van der Waals surface area contributed by atoms with E-state index in [9.17, 15) is 4.79 Å². The van der Waals surface area contributed by atoms with E-state index in [-0.39, 0.29) is 23.7 Å². The van der Waals surface area contributed by atoms with Crippen LogP contribution in [0, 0.1) is 17.3 Å². The van der Waals surface area contributed by atoms with Crippen molar-refractivity contribution in [2.75, 3.05) is 13.1 Å². The van der Waals surface area contributed by atoms with Crippen LogP contribution in [0.2, 0.25) is 0 Å². The molecule has 1 amide bonds. The molecule has 1 heterocycles. The topological polar surface area (TPSA) is 46.3 Å². The molecule has 4 heteroatoms. The Balaban J connectivity index is 0.00000176. The molecule has 122 valence electrons. The molecule has 2 aliphatic rings. The molecule has 1 saturated heterocycles. The van der Waals surface area contributed by atoms with E-state index in [4.69, 9.17) is 5.73 Å². The molecule has 2 fully saturated rings. The van der Waals surface area contributed by atoms with Gasteiger partial charge in [-0.2, -0.15) is 0 Å². The predicted octanol–water partition coefficient (Wildman–Crippen LogP) is 2.87. The third-order valence-electron chi connectivity index (χ3n) is 5.27. The van der Waals surface area contributed by atoms with Crippen LogP contribution in [0.5, 0.6) is 0 Å². The molecule has 0 spiro atoms. The first-order chi connectivity index (χ1) is 9.97. The number of benzene rings is 1. The number of halogens is 1. The molecule has 0 bridgehead atoms. The van der Waals surface area contributed by atoms with Crippen molar-refractivity contribution < 1.29 is 4.79 Å². The fraction of sp³-hybridized carbons (Fsp3) is 0.611. The molecule has 3 atom stereocenters. The van der Waals surface area contributed by atoms with Gasteiger partial charge in [-0.3, -0.25) is 4.79 Å². The van der Waals surface area contributed by atoms with Crippen LogP contribution in [0.25, 0.3) is 0 Å². The quantitative estimate of drug-likeness (QED) is 0.930. The second-order valence-corrected chi connectivity index (χ2v) is 7.42. The summed E-state index contributed by atoms with van der Waals surface area (Å²) in [5.74, 6) is 1.45. The van der Waals surface area contributed by atoms with E-state index in [1.54, 1.807) is 0 Å². The van der Waals surface area contributed by atoms with Crippen LogP contribution < -0.4 is 5.73 Å². The van der Waals surface area contributed by atoms with Crippen LogP contribution >= 0.6 is 12.4 Å². The maximum absolute atomic E-state index is 12.9. The molecule has 0 aromatic heterocycles. The minimum absolute atomic E-state index is 0. The number of hydrogen-bond donors (Lipinski definition) is 1. The molecule has 0 radical (unpaired) electrons. The molecular formula is C18H27ClN2O. The molecule has 1 saturated carbocycles. The molecule has 1 aromatic carbocycles. The minimum Gasteiger partial charge on any atom is -0.342 e. The van der Waals surface area contributed by atoms with Gasteiger partial charge in [-0.05, 0) is 36.7 Å². The Kier molecular flexibility index (Phi) is 5.18. The van der Waals surface area contributed by atoms with Crippen LogP contribution in [0.3, 0.4) is 0 Å². The zero-order valence-electron chi connectivity index (χ0n) is 13.5. The SMILES string of the molecule is CC(C)(Cc1ccccc1)C(=O)N1CC2CCC(N)C2C1.Cl. The highest BCUT2D eigenvalue weighted by Crippen LogP contribution is 2.39. The van der Waals surface area contributed by atoms with Gasteiger partial charge < -0.3 is 10.6 Å². The summed E-state index contributed by atoms with van der Waals surface area (Å²) < 4.78 is 0. The van der Waals surface area contributed by atoms with E-state index in [0.717, 1.165) is 25.9 Å². The van der Waals surface area contributed by atoms with Crippen molar-refractivity contribution in [1.29, 1.82) is 0 Å². The highest BCUT2D eigenvalue weighted by Gasteiger charge is 2.45. The number of fused-ring (bicyclic) bond motifs is 1. The highest BCUT2D eigenvalue weighted by atomic mass is 35.5. The Morgan fingerprint density at radius 2 is 1.91 bits per heavy atom. The monoisotopic (exact) mass is 322 g/mol. The molecule has 1 aliphatic heterocycles. The first-order valence-electron chi connectivity index (χ1n) is 8.06. The Bertz CT molecular complexity index is 517. The largest absolute Gasteiger partial charge is 0.342 e. The Labute approximate surface area is 139 Å². The van der Waals surface area contributed by atoms with Crippen LogP contribution in [0.1, 0.15) is 32.3 Å². The van der Waals surface area contributed by atoms with E-state index < -0.39 is 0 Å². The zero-order chi connectivity index (χ0) is 15.0. The molecule has 22 heavy (non-hydrogen) atoms. The van der Waals surface area contributed by atoms with Crippen LogP contribution in [0.15, 0.2) is 30.3 Å². The van der Waals surface area contributed by atoms with Crippen molar-refractivity contribution in [3.8, 4) is 0 Å². The van der Waals surface area contributed by atoms with E-state index >= 15 is 0 Å². The third-order valence-corrected chi connectivity index (χ3v) is 5.27. The molecule has 3 unspecified atom stereocenters. The number of carbonyl (C=O) groups excluding carboxylic acids is 1. The van der Waals surface area contributed by atoms with Crippen molar-refractivity contribution in [3.05, 3.63) is 35.9 Å². The first-order valence-corrected chi connectivity index (χ1v) is 8.06. The third kappa shape index (κ3) is 3.31. The second-order valence-electron chi connectivity index (χ2n) is 7.42. The van der Waals surface area contributed by atoms with Crippen LogP contribution in [-0.4, -0.2) is 29.9 Å². The van der Waals surface area contributed by atoms with Crippen molar-refractivity contribution >= 4 is 18.3 Å². The van der Waals surface area contributed by atoms with Crippen molar-refractivity contribution in [3.63, 3.8) is 0 Å². The highest BCUT2D eigenvalue weighted by molar-refractivity contribution is 5.85. The number of amides is 1. The van der Waals surface area contributed by atoms with Gasteiger partial charge in [-0.15, -0.1) is 12.4 Å². The molecule has 3 rings (SSSR count). The molecule has 2 N–H and O–H groups in total. The van der Waals surface area contributed by atoms with Gasteiger partial charge in [0.1, 0.15) is 0 Å². The van der Waals surface area contributed by atoms with E-state index in [0.29, 0.717) is 17.9 Å². The average molecular weight is 323 g/mol. The second kappa shape index (κ2) is 6.59. The lowest BCUT2D eigenvalue weighted by molar-refractivity contribution is -0.139. The molecular weight excluding hydrogens is 296 g/mol. The number of hydrogen-bond acceptors (Lipinski definition) is 2. The maximum atomic E-state index is 12.9. The number of nitrogens with two attached hydrogens (primary N) is 1. The lowest BCUT2D eigenvalue weighted by Gasteiger charge is -2.30. The Hall–Kier alpha value is -1.06. The fourth-order valence-corrected chi connectivity index (χ4v) is 4.08. The molecule has 1 aromatic rings. The summed E-state index contributed by atoms with van der Waals surface area (Å²) in [4.78, 5) is 15.0. The molecule has 1 aliphatic carbocycles. The van der Waals surface area contributed by atoms with Crippen molar-refractivity contribution in [2.24, 2.45) is 23.0 Å². The maximum Gasteiger partial charge on any atom is 0.228 e. The summed E-state index contributed by atoms with van der Waals surface area (Å²) in [6.45, 7) is 5.91. The van der Waals surface area contributed by atoms with Gasteiger partial charge >= 0.3 is 0 Å². The van der Waals surface area contributed by atoms with E-state index in [1.807, 2.05) is 18.2 Å². The Morgan fingerprint density at radius 1 is 1.23 bits per heavy atom. The summed E-state index contributed by atoms with van der Waals surface area (Å²) in [6, 6.07) is 10.6.